The number of nitrogens with zero attached hydrogens (tertiary/aromatic N) is 1. The van der Waals surface area contributed by atoms with Crippen LogP contribution in [0.3, 0.4) is 0 Å². The molecule has 1 saturated heterocycles. The van der Waals surface area contributed by atoms with E-state index in [1.54, 1.807) is 0 Å². The molecule has 0 aromatic carbocycles. The van der Waals surface area contributed by atoms with Crippen molar-refractivity contribution in [2.45, 2.75) is 89.9 Å². The second-order valence-electron chi connectivity index (χ2n) is 7.33. The molecule has 0 unspecified atom stereocenters. The lowest BCUT2D eigenvalue weighted by molar-refractivity contribution is 0.256. The average Bonchev–Trinajstić information content (AvgIpc) is 2.57. The van der Waals surface area contributed by atoms with Gasteiger partial charge >= 0.3 is 0 Å². The van der Waals surface area contributed by atoms with Gasteiger partial charge < -0.3 is 16.0 Å². The van der Waals surface area contributed by atoms with E-state index in [1.807, 2.05) is 0 Å². The van der Waals surface area contributed by atoms with E-state index in [4.69, 9.17) is 5.73 Å². The highest BCUT2D eigenvalue weighted by Gasteiger charge is 2.05. The number of hydrogen-bond donors (Lipinski definition) is 2. The summed E-state index contributed by atoms with van der Waals surface area (Å²) in [5.41, 5.74) is 5.53. The summed E-state index contributed by atoms with van der Waals surface area (Å²) in [5, 5.41) is 3.51. The highest BCUT2D eigenvalue weighted by atomic mass is 35.5. The van der Waals surface area contributed by atoms with Crippen LogP contribution in [0, 0.1) is 0 Å². The van der Waals surface area contributed by atoms with E-state index in [1.165, 1.54) is 103 Å². The fourth-order valence-electron chi connectivity index (χ4n) is 3.55. The van der Waals surface area contributed by atoms with Crippen LogP contribution >= 0.6 is 12.4 Å². The Bertz CT molecular complexity index is 223. The van der Waals surface area contributed by atoms with Crippen LogP contribution in [0.15, 0.2) is 0 Å². The second kappa shape index (κ2) is 19.5. The van der Waals surface area contributed by atoms with Gasteiger partial charge in [0.05, 0.1) is 0 Å². The van der Waals surface area contributed by atoms with Crippen molar-refractivity contribution in [2.24, 2.45) is 5.73 Å². The van der Waals surface area contributed by atoms with Crippen molar-refractivity contribution in [1.82, 2.24) is 10.2 Å². The van der Waals surface area contributed by atoms with Crippen LogP contribution < -0.4 is 11.1 Å². The number of halogens is 1. The van der Waals surface area contributed by atoms with Crippen molar-refractivity contribution in [2.75, 3.05) is 39.3 Å². The molecule has 0 aliphatic carbocycles. The molecule has 0 bridgehead atoms. The summed E-state index contributed by atoms with van der Waals surface area (Å²) in [6, 6.07) is 0. The summed E-state index contributed by atoms with van der Waals surface area (Å²) >= 11 is 0. The lowest BCUT2D eigenvalue weighted by Crippen LogP contribution is -2.30. The van der Waals surface area contributed by atoms with Crippen molar-refractivity contribution in [3.63, 3.8) is 0 Å². The maximum atomic E-state index is 5.53. The minimum absolute atomic E-state index is 0. The standard InChI is InChI=1S/C20H43N3.ClH/c21-15-13-16-22-17-14-20-23-18-11-9-7-5-3-1-2-4-6-8-10-12-19-23;/h22H,1-21H2;1H. The van der Waals surface area contributed by atoms with Gasteiger partial charge in [0.2, 0.25) is 0 Å². The van der Waals surface area contributed by atoms with E-state index in [2.05, 4.69) is 10.2 Å². The van der Waals surface area contributed by atoms with E-state index in [-0.39, 0.29) is 12.4 Å². The molecule has 4 heteroatoms. The van der Waals surface area contributed by atoms with Crippen molar-refractivity contribution >= 4 is 12.4 Å². The maximum absolute atomic E-state index is 5.53. The van der Waals surface area contributed by atoms with Crippen LogP contribution in [0.25, 0.3) is 0 Å². The molecule has 0 atom stereocenters. The molecule has 1 heterocycles. The monoisotopic (exact) mass is 361 g/mol. The molecule has 0 radical (unpaired) electrons. The van der Waals surface area contributed by atoms with Gasteiger partial charge in [0, 0.05) is 0 Å². The van der Waals surface area contributed by atoms with Crippen LogP contribution in [0.1, 0.15) is 89.9 Å². The molecule has 3 N–H and O–H groups in total. The van der Waals surface area contributed by atoms with Crippen LogP contribution in [0.2, 0.25) is 0 Å². The molecule has 146 valence electrons. The summed E-state index contributed by atoms with van der Waals surface area (Å²) in [7, 11) is 0. The van der Waals surface area contributed by atoms with Crippen LogP contribution in [-0.2, 0) is 0 Å². The Morgan fingerprint density at radius 2 is 1.04 bits per heavy atom. The van der Waals surface area contributed by atoms with E-state index in [0.717, 1.165) is 26.1 Å². The molecule has 1 aliphatic heterocycles. The molecule has 1 aliphatic rings. The van der Waals surface area contributed by atoms with E-state index >= 15 is 0 Å². The SMILES string of the molecule is Cl.NCCCNCCCN1CCCCCCCCCCCCCC1. The summed E-state index contributed by atoms with van der Waals surface area (Å²) in [4.78, 5) is 2.73. The molecule has 0 amide bonds. The van der Waals surface area contributed by atoms with Gasteiger partial charge in [-0.1, -0.05) is 64.2 Å². The van der Waals surface area contributed by atoms with Gasteiger partial charge in [-0.05, 0) is 65.0 Å². The van der Waals surface area contributed by atoms with Gasteiger partial charge in [-0.3, -0.25) is 0 Å². The number of nitrogens with one attached hydrogen (secondary N) is 1. The molecule has 0 saturated carbocycles. The molecule has 0 aromatic heterocycles. The first-order valence-corrected chi connectivity index (χ1v) is 10.6. The zero-order valence-corrected chi connectivity index (χ0v) is 16.9. The third-order valence-electron chi connectivity index (χ3n) is 5.08. The molecule has 3 nitrogen and oxygen atoms in total. The van der Waals surface area contributed by atoms with Crippen LogP contribution in [-0.4, -0.2) is 44.2 Å². The summed E-state index contributed by atoms with van der Waals surface area (Å²) in [6.45, 7) is 6.95. The predicted octanol–water partition coefficient (Wildman–Crippen LogP) is 4.73. The average molecular weight is 362 g/mol. The van der Waals surface area contributed by atoms with Crippen LogP contribution in [0.5, 0.6) is 0 Å². The Hall–Kier alpha value is 0.170. The molecule has 1 rings (SSSR count). The number of hydrogen-bond acceptors (Lipinski definition) is 3. The number of nitrogens with two attached hydrogens (primary N) is 1. The Morgan fingerprint density at radius 3 is 1.50 bits per heavy atom. The summed E-state index contributed by atoms with van der Waals surface area (Å²) < 4.78 is 0. The van der Waals surface area contributed by atoms with E-state index < -0.39 is 0 Å². The van der Waals surface area contributed by atoms with Gasteiger partial charge in [0.1, 0.15) is 0 Å². The highest BCUT2D eigenvalue weighted by molar-refractivity contribution is 5.85. The van der Waals surface area contributed by atoms with Crippen molar-refractivity contribution in [3.05, 3.63) is 0 Å². The quantitative estimate of drug-likeness (QED) is 0.644. The first kappa shape index (κ1) is 24.2. The lowest BCUT2D eigenvalue weighted by Gasteiger charge is -2.22. The van der Waals surface area contributed by atoms with Crippen molar-refractivity contribution in [3.8, 4) is 0 Å². The molecular formula is C20H44ClN3. The molecular weight excluding hydrogens is 318 g/mol. The highest BCUT2D eigenvalue weighted by Crippen LogP contribution is 2.13. The van der Waals surface area contributed by atoms with Gasteiger partial charge in [0.15, 0.2) is 0 Å². The molecule has 24 heavy (non-hydrogen) atoms. The lowest BCUT2D eigenvalue weighted by atomic mass is 10.1. The Morgan fingerprint density at radius 1 is 0.625 bits per heavy atom. The minimum Gasteiger partial charge on any atom is -0.330 e. The summed E-state index contributed by atoms with van der Waals surface area (Å²) in [6.07, 6.45) is 19.8. The Kier molecular flexibility index (Phi) is 19.6. The third kappa shape index (κ3) is 15.7. The summed E-state index contributed by atoms with van der Waals surface area (Å²) in [5.74, 6) is 0. The largest absolute Gasteiger partial charge is 0.330 e. The van der Waals surface area contributed by atoms with Gasteiger partial charge in [-0.25, -0.2) is 0 Å². The van der Waals surface area contributed by atoms with E-state index in [9.17, 15) is 0 Å². The van der Waals surface area contributed by atoms with Gasteiger partial charge in [-0.2, -0.15) is 0 Å². The van der Waals surface area contributed by atoms with Gasteiger partial charge in [0.25, 0.3) is 0 Å². The third-order valence-corrected chi connectivity index (χ3v) is 5.08. The molecule has 0 spiro atoms. The predicted molar refractivity (Wildman–Crippen MR) is 110 cm³/mol. The molecule has 1 fully saturated rings. The van der Waals surface area contributed by atoms with Crippen molar-refractivity contribution in [1.29, 1.82) is 0 Å². The van der Waals surface area contributed by atoms with Crippen molar-refractivity contribution < 1.29 is 0 Å². The van der Waals surface area contributed by atoms with E-state index in [0.29, 0.717) is 0 Å². The number of rotatable bonds is 7. The smallest absolute Gasteiger partial charge is 0.000664 e. The zero-order chi connectivity index (χ0) is 16.4. The zero-order valence-electron chi connectivity index (χ0n) is 16.1. The van der Waals surface area contributed by atoms with Gasteiger partial charge in [-0.15, -0.1) is 12.4 Å². The Labute approximate surface area is 157 Å². The van der Waals surface area contributed by atoms with Crippen LogP contribution in [0.4, 0.5) is 0 Å². The first-order chi connectivity index (χ1) is 11.4. The molecule has 0 aromatic rings. The first-order valence-electron chi connectivity index (χ1n) is 10.6. The minimum atomic E-state index is 0. The maximum Gasteiger partial charge on any atom is -0.000664 e. The fourth-order valence-corrected chi connectivity index (χ4v) is 3.55. The normalized spacial score (nSPS) is 19.9. The topological polar surface area (TPSA) is 41.3 Å². The second-order valence-corrected chi connectivity index (χ2v) is 7.33. The fraction of sp³-hybridized carbons (Fsp3) is 1.00. The Balaban J connectivity index is 0.00000529.